The van der Waals surface area contributed by atoms with Crippen molar-refractivity contribution in [3.05, 3.63) is 39.4 Å². The molecule has 2 rings (SSSR count). The summed E-state index contributed by atoms with van der Waals surface area (Å²) in [4.78, 5) is 25.2. The number of hydrogen-bond donors (Lipinski definition) is 0. The average molecular weight is 284 g/mol. The van der Waals surface area contributed by atoms with Crippen LogP contribution in [0, 0.1) is 13.8 Å². The Hall–Kier alpha value is -1.32. The number of fused-ring (bicyclic) bond motifs is 1. The molecule has 0 aliphatic carbocycles. The van der Waals surface area contributed by atoms with Gasteiger partial charge in [-0.15, -0.1) is 0 Å². The summed E-state index contributed by atoms with van der Waals surface area (Å²) < 4.78 is 0. The van der Waals surface area contributed by atoms with Crippen molar-refractivity contribution in [3.63, 3.8) is 0 Å². The zero-order valence-corrected chi connectivity index (χ0v) is 11.5. The van der Waals surface area contributed by atoms with E-state index in [9.17, 15) is 9.59 Å². The predicted molar refractivity (Wildman–Crippen MR) is 72.4 cm³/mol. The van der Waals surface area contributed by atoms with Crippen molar-refractivity contribution in [1.82, 2.24) is 0 Å². The van der Waals surface area contributed by atoms with Gasteiger partial charge in [-0.1, -0.05) is 29.3 Å². The van der Waals surface area contributed by atoms with Crippen LogP contribution in [0.1, 0.15) is 21.5 Å². The van der Waals surface area contributed by atoms with Gasteiger partial charge in [0.05, 0.1) is 17.8 Å². The molecule has 0 saturated heterocycles. The van der Waals surface area contributed by atoms with E-state index >= 15 is 0 Å². The number of carbonyl (C=O) groups is 2. The molecule has 0 unspecified atom stereocenters. The number of aryl methyl sites for hydroxylation is 1. The molecule has 0 saturated carbocycles. The molecule has 0 atom stereocenters. The fourth-order valence-corrected chi connectivity index (χ4v) is 2.20. The number of hydrogen-bond acceptors (Lipinski definition) is 2. The lowest BCUT2D eigenvalue weighted by Gasteiger charge is -2.18. The third kappa shape index (κ3) is 1.93. The SMILES string of the molecule is Cc1ccc2c(c1C)N(CC(Cl)=CCl)C(=O)C2=O. The third-order valence-electron chi connectivity index (χ3n) is 3.08. The summed E-state index contributed by atoms with van der Waals surface area (Å²) >= 11 is 11.3. The van der Waals surface area contributed by atoms with Gasteiger partial charge in [0.2, 0.25) is 0 Å². The molecule has 3 nitrogen and oxygen atoms in total. The Balaban J connectivity index is 2.56. The Morgan fingerprint density at radius 3 is 2.61 bits per heavy atom. The fourth-order valence-electron chi connectivity index (χ4n) is 2.01. The second kappa shape index (κ2) is 4.75. The van der Waals surface area contributed by atoms with Gasteiger partial charge in [-0.05, 0) is 31.0 Å². The lowest BCUT2D eigenvalue weighted by atomic mass is 10.0. The number of amides is 1. The number of Topliss-reactive ketones (excluding diaryl/α,β-unsaturated/α-hetero) is 1. The van der Waals surface area contributed by atoms with Gasteiger partial charge in [0, 0.05) is 10.6 Å². The predicted octanol–water partition coefficient (Wildman–Crippen LogP) is 3.15. The van der Waals surface area contributed by atoms with Crippen molar-refractivity contribution in [1.29, 1.82) is 0 Å². The van der Waals surface area contributed by atoms with E-state index in [-0.39, 0.29) is 6.54 Å². The van der Waals surface area contributed by atoms with Gasteiger partial charge in [0.1, 0.15) is 0 Å². The molecule has 1 aliphatic rings. The number of anilines is 1. The fraction of sp³-hybridized carbons (Fsp3) is 0.231. The number of benzene rings is 1. The van der Waals surface area contributed by atoms with Gasteiger partial charge in [0.25, 0.3) is 11.7 Å². The van der Waals surface area contributed by atoms with Gasteiger partial charge >= 0.3 is 0 Å². The topological polar surface area (TPSA) is 37.4 Å². The maximum atomic E-state index is 11.9. The first kappa shape index (κ1) is 13.1. The minimum atomic E-state index is -0.560. The van der Waals surface area contributed by atoms with Crippen LogP contribution in [0.3, 0.4) is 0 Å². The first-order valence-corrected chi connectivity index (χ1v) is 6.20. The van der Waals surface area contributed by atoms with Crippen LogP contribution in [0.25, 0.3) is 0 Å². The standard InChI is InChI=1S/C13H11Cl2NO2/c1-7-3-4-10-11(8(7)2)16(6-9(15)5-14)13(18)12(10)17/h3-5H,6H2,1-2H3. The summed E-state index contributed by atoms with van der Waals surface area (Å²) in [7, 11) is 0. The van der Waals surface area contributed by atoms with Crippen LogP contribution in [0.4, 0.5) is 5.69 Å². The number of carbonyl (C=O) groups excluding carboxylic acids is 2. The second-order valence-corrected chi connectivity index (χ2v) is 4.88. The molecule has 94 valence electrons. The third-order valence-corrected chi connectivity index (χ3v) is 3.69. The number of halogens is 2. The Bertz CT molecular complexity index is 579. The first-order chi connectivity index (χ1) is 8.47. The van der Waals surface area contributed by atoms with Gasteiger partial charge in [0.15, 0.2) is 0 Å². The quantitative estimate of drug-likeness (QED) is 0.782. The highest BCUT2D eigenvalue weighted by atomic mass is 35.5. The van der Waals surface area contributed by atoms with Gasteiger partial charge in [-0.2, -0.15) is 0 Å². The highest BCUT2D eigenvalue weighted by Crippen LogP contribution is 2.34. The maximum Gasteiger partial charge on any atom is 0.299 e. The van der Waals surface area contributed by atoms with E-state index in [2.05, 4.69) is 0 Å². The monoisotopic (exact) mass is 283 g/mol. The molecule has 18 heavy (non-hydrogen) atoms. The van der Waals surface area contributed by atoms with E-state index < -0.39 is 11.7 Å². The van der Waals surface area contributed by atoms with Gasteiger partial charge < -0.3 is 0 Å². The highest BCUT2D eigenvalue weighted by Gasteiger charge is 2.37. The molecule has 0 N–H and O–H groups in total. The second-order valence-electron chi connectivity index (χ2n) is 4.18. The number of ketones is 1. The van der Waals surface area contributed by atoms with Crippen LogP contribution < -0.4 is 4.90 Å². The Labute approximate surface area is 115 Å². The van der Waals surface area contributed by atoms with E-state index in [1.165, 1.54) is 10.4 Å². The van der Waals surface area contributed by atoms with Crippen molar-refractivity contribution >= 4 is 40.6 Å². The summed E-state index contributed by atoms with van der Waals surface area (Å²) in [6, 6.07) is 3.51. The van der Waals surface area contributed by atoms with E-state index in [4.69, 9.17) is 23.2 Å². The zero-order valence-electron chi connectivity index (χ0n) is 9.96. The summed E-state index contributed by atoms with van der Waals surface area (Å²) in [5, 5.41) is 0.312. The minimum Gasteiger partial charge on any atom is -0.299 e. The summed E-state index contributed by atoms with van der Waals surface area (Å²) in [5.41, 5.74) is 4.20. The Morgan fingerprint density at radius 1 is 1.33 bits per heavy atom. The molecule has 1 aromatic rings. The molecular formula is C13H11Cl2NO2. The molecule has 1 aromatic carbocycles. The summed E-state index contributed by atoms with van der Waals surface area (Å²) in [6.45, 7) is 3.93. The lowest BCUT2D eigenvalue weighted by molar-refractivity contribution is -0.114. The van der Waals surface area contributed by atoms with Crippen molar-refractivity contribution < 1.29 is 9.59 Å². The van der Waals surface area contributed by atoms with Crippen molar-refractivity contribution in [3.8, 4) is 0 Å². The molecule has 0 radical (unpaired) electrons. The van der Waals surface area contributed by atoms with E-state index in [1.807, 2.05) is 19.9 Å². The van der Waals surface area contributed by atoms with Crippen LogP contribution in [0.5, 0.6) is 0 Å². The van der Waals surface area contributed by atoms with E-state index in [0.717, 1.165) is 11.1 Å². The minimum absolute atomic E-state index is 0.118. The number of rotatable bonds is 2. The summed E-state index contributed by atoms with van der Waals surface area (Å²) in [5.74, 6) is -1.05. The number of nitrogens with zero attached hydrogens (tertiary/aromatic N) is 1. The van der Waals surface area contributed by atoms with E-state index in [0.29, 0.717) is 16.3 Å². The molecule has 1 amide bonds. The smallest absolute Gasteiger partial charge is 0.299 e. The van der Waals surface area contributed by atoms with Crippen LogP contribution in [0.2, 0.25) is 0 Å². The lowest BCUT2D eigenvalue weighted by Crippen LogP contribution is -2.31. The van der Waals surface area contributed by atoms with Crippen molar-refractivity contribution in [2.24, 2.45) is 0 Å². The Kier molecular flexibility index (Phi) is 3.46. The van der Waals surface area contributed by atoms with E-state index in [1.54, 1.807) is 6.07 Å². The Morgan fingerprint density at radius 2 is 2.00 bits per heavy atom. The largest absolute Gasteiger partial charge is 0.299 e. The summed E-state index contributed by atoms with van der Waals surface area (Å²) in [6.07, 6.45) is 0. The van der Waals surface area contributed by atoms with Gasteiger partial charge in [-0.25, -0.2) is 0 Å². The molecular weight excluding hydrogens is 273 g/mol. The molecule has 0 fully saturated rings. The average Bonchev–Trinajstić information content (AvgIpc) is 2.59. The zero-order chi connectivity index (χ0) is 13.4. The molecule has 1 heterocycles. The van der Waals surface area contributed by atoms with Crippen LogP contribution >= 0.6 is 23.2 Å². The highest BCUT2D eigenvalue weighted by molar-refractivity contribution is 6.53. The maximum absolute atomic E-state index is 11.9. The normalized spacial score (nSPS) is 15.3. The van der Waals surface area contributed by atoms with Crippen molar-refractivity contribution in [2.75, 3.05) is 11.4 Å². The van der Waals surface area contributed by atoms with Crippen molar-refractivity contribution in [2.45, 2.75) is 13.8 Å². The van der Waals surface area contributed by atoms with Crippen LogP contribution in [-0.2, 0) is 4.79 Å². The molecule has 5 heteroatoms. The molecule has 0 aromatic heterocycles. The van der Waals surface area contributed by atoms with Crippen LogP contribution in [0.15, 0.2) is 22.7 Å². The molecule has 1 aliphatic heterocycles. The first-order valence-electron chi connectivity index (χ1n) is 5.38. The van der Waals surface area contributed by atoms with Gasteiger partial charge in [-0.3, -0.25) is 14.5 Å². The molecule has 0 bridgehead atoms. The molecule has 0 spiro atoms. The van der Waals surface area contributed by atoms with Crippen LogP contribution in [-0.4, -0.2) is 18.2 Å².